The van der Waals surface area contributed by atoms with Gasteiger partial charge in [-0.15, -0.1) is 0 Å². The van der Waals surface area contributed by atoms with E-state index in [9.17, 15) is 14.4 Å². The zero-order valence-corrected chi connectivity index (χ0v) is 16.1. The standard InChI is InChI=1S/C20H23N3O3S/c1-3-20(23-17(24)14(2)27,18(25)21-15-10-6-4-7-11-15)19(26)22-16-12-8-5-9-13-16/h4-14,27H,3H2,1-2H3,(H,21,25)(H,22,26)(H,23,24)/t14-/m0/s1. The molecule has 0 saturated carbocycles. The van der Waals surface area contributed by atoms with Crippen molar-refractivity contribution in [3.8, 4) is 0 Å². The first-order valence-corrected chi connectivity index (χ1v) is 9.14. The summed E-state index contributed by atoms with van der Waals surface area (Å²) in [6.07, 6.45) is 0.0660. The molecule has 142 valence electrons. The Labute approximate surface area is 164 Å². The van der Waals surface area contributed by atoms with Crippen LogP contribution < -0.4 is 16.0 Å². The molecule has 7 heteroatoms. The fourth-order valence-corrected chi connectivity index (χ4v) is 2.52. The molecule has 3 amide bonds. The van der Waals surface area contributed by atoms with Crippen molar-refractivity contribution in [2.75, 3.05) is 10.6 Å². The van der Waals surface area contributed by atoms with Gasteiger partial charge in [0.25, 0.3) is 11.8 Å². The molecule has 0 unspecified atom stereocenters. The van der Waals surface area contributed by atoms with Crippen LogP contribution in [0.5, 0.6) is 0 Å². The van der Waals surface area contributed by atoms with Crippen LogP contribution in [-0.2, 0) is 14.4 Å². The van der Waals surface area contributed by atoms with Crippen LogP contribution in [-0.4, -0.2) is 28.5 Å². The smallest absolute Gasteiger partial charge is 0.259 e. The van der Waals surface area contributed by atoms with Crippen LogP contribution in [0.25, 0.3) is 0 Å². The van der Waals surface area contributed by atoms with Gasteiger partial charge in [-0.05, 0) is 37.6 Å². The summed E-state index contributed by atoms with van der Waals surface area (Å²) in [6.45, 7) is 3.24. The van der Waals surface area contributed by atoms with Gasteiger partial charge >= 0.3 is 0 Å². The van der Waals surface area contributed by atoms with Crippen molar-refractivity contribution in [2.45, 2.75) is 31.1 Å². The Kier molecular flexibility index (Phi) is 7.01. The average molecular weight is 385 g/mol. The third kappa shape index (κ3) is 5.10. The first kappa shape index (κ1) is 20.5. The molecule has 3 N–H and O–H groups in total. The molecule has 2 aromatic rings. The van der Waals surface area contributed by atoms with E-state index in [0.29, 0.717) is 11.4 Å². The topological polar surface area (TPSA) is 87.3 Å². The summed E-state index contributed by atoms with van der Waals surface area (Å²) in [5.74, 6) is -1.74. The van der Waals surface area contributed by atoms with E-state index in [0.717, 1.165) is 0 Å². The van der Waals surface area contributed by atoms with Gasteiger partial charge in [-0.25, -0.2) is 0 Å². The highest BCUT2D eigenvalue weighted by Gasteiger charge is 2.46. The maximum Gasteiger partial charge on any atom is 0.259 e. The van der Waals surface area contributed by atoms with Crippen molar-refractivity contribution < 1.29 is 14.4 Å². The number of hydrogen-bond donors (Lipinski definition) is 4. The van der Waals surface area contributed by atoms with Gasteiger partial charge in [0.1, 0.15) is 0 Å². The molecular formula is C20H23N3O3S. The van der Waals surface area contributed by atoms with Gasteiger partial charge in [-0.3, -0.25) is 14.4 Å². The zero-order chi connectivity index (χ0) is 19.9. The highest BCUT2D eigenvalue weighted by Crippen LogP contribution is 2.19. The predicted molar refractivity (Wildman–Crippen MR) is 110 cm³/mol. The zero-order valence-electron chi connectivity index (χ0n) is 15.2. The first-order valence-electron chi connectivity index (χ1n) is 8.62. The van der Waals surface area contributed by atoms with Gasteiger partial charge in [-0.2, -0.15) is 12.6 Å². The molecule has 1 atom stereocenters. The molecular weight excluding hydrogens is 362 g/mol. The van der Waals surface area contributed by atoms with Crippen LogP contribution in [0.15, 0.2) is 60.7 Å². The Morgan fingerprint density at radius 2 is 1.30 bits per heavy atom. The van der Waals surface area contributed by atoms with E-state index in [2.05, 4.69) is 28.6 Å². The summed E-state index contributed by atoms with van der Waals surface area (Å²) in [4.78, 5) is 38.4. The van der Waals surface area contributed by atoms with Crippen molar-refractivity contribution in [1.82, 2.24) is 5.32 Å². The molecule has 6 nitrogen and oxygen atoms in total. The largest absolute Gasteiger partial charge is 0.333 e. The summed E-state index contributed by atoms with van der Waals surface area (Å²) >= 11 is 4.10. The second-order valence-corrected chi connectivity index (χ2v) is 6.84. The third-order valence-corrected chi connectivity index (χ3v) is 4.32. The van der Waals surface area contributed by atoms with Crippen LogP contribution in [0.2, 0.25) is 0 Å². The average Bonchev–Trinajstić information content (AvgIpc) is 2.67. The molecule has 0 spiro atoms. The number of carbonyl (C=O) groups is 3. The van der Waals surface area contributed by atoms with Crippen molar-refractivity contribution in [3.63, 3.8) is 0 Å². The van der Waals surface area contributed by atoms with Gasteiger partial charge in [0.15, 0.2) is 5.54 Å². The molecule has 2 rings (SSSR count). The lowest BCUT2D eigenvalue weighted by Gasteiger charge is -2.31. The molecule has 0 heterocycles. The minimum atomic E-state index is -1.78. The molecule has 0 fully saturated rings. The Bertz CT molecular complexity index is 741. The number of thiol groups is 1. The predicted octanol–water partition coefficient (Wildman–Crippen LogP) is 2.85. The lowest BCUT2D eigenvalue weighted by Crippen LogP contribution is -2.64. The van der Waals surface area contributed by atoms with Gasteiger partial charge in [-0.1, -0.05) is 43.3 Å². The summed E-state index contributed by atoms with van der Waals surface area (Å²) in [7, 11) is 0. The minimum Gasteiger partial charge on any atom is -0.333 e. The quantitative estimate of drug-likeness (QED) is 0.437. The molecule has 2 aromatic carbocycles. The number of rotatable bonds is 7. The molecule has 0 aromatic heterocycles. The van der Waals surface area contributed by atoms with Crippen molar-refractivity contribution in [2.24, 2.45) is 0 Å². The Morgan fingerprint density at radius 1 is 0.889 bits per heavy atom. The van der Waals surface area contributed by atoms with E-state index in [1.54, 1.807) is 62.4 Å². The summed E-state index contributed by atoms with van der Waals surface area (Å²) < 4.78 is 0. The Balaban J connectivity index is 2.34. The number of carbonyl (C=O) groups excluding carboxylic acids is 3. The van der Waals surface area contributed by atoms with Crippen molar-refractivity contribution in [3.05, 3.63) is 60.7 Å². The van der Waals surface area contributed by atoms with E-state index in [4.69, 9.17) is 0 Å². The molecule has 0 bridgehead atoms. The maximum absolute atomic E-state index is 13.0. The van der Waals surface area contributed by atoms with Crippen LogP contribution in [0.4, 0.5) is 11.4 Å². The monoisotopic (exact) mass is 385 g/mol. The number of benzene rings is 2. The highest BCUT2D eigenvalue weighted by molar-refractivity contribution is 7.81. The van der Waals surface area contributed by atoms with Crippen LogP contribution >= 0.6 is 12.6 Å². The highest BCUT2D eigenvalue weighted by atomic mass is 32.1. The summed E-state index contributed by atoms with van der Waals surface area (Å²) in [6, 6.07) is 17.5. The number of hydrogen-bond acceptors (Lipinski definition) is 4. The molecule has 0 radical (unpaired) electrons. The number of nitrogens with one attached hydrogen (secondary N) is 3. The van der Waals surface area contributed by atoms with Crippen molar-refractivity contribution in [1.29, 1.82) is 0 Å². The van der Waals surface area contributed by atoms with Crippen LogP contribution in [0.3, 0.4) is 0 Å². The van der Waals surface area contributed by atoms with E-state index < -0.39 is 28.5 Å². The lowest BCUT2D eigenvalue weighted by atomic mass is 9.92. The molecule has 0 aliphatic carbocycles. The number of amides is 3. The summed E-state index contributed by atoms with van der Waals surface area (Å²) in [5, 5.41) is 7.31. The second-order valence-electron chi connectivity index (χ2n) is 6.06. The SMILES string of the molecule is CCC(NC(=O)[C@H](C)S)(C(=O)Nc1ccccc1)C(=O)Nc1ccccc1. The van der Waals surface area contributed by atoms with Gasteiger partial charge in [0.05, 0.1) is 5.25 Å². The fraction of sp³-hybridized carbons (Fsp3) is 0.250. The number of para-hydroxylation sites is 2. The van der Waals surface area contributed by atoms with E-state index >= 15 is 0 Å². The van der Waals surface area contributed by atoms with E-state index in [-0.39, 0.29) is 6.42 Å². The second kappa shape index (κ2) is 9.23. The van der Waals surface area contributed by atoms with Crippen molar-refractivity contribution >= 4 is 41.7 Å². The van der Waals surface area contributed by atoms with E-state index in [1.165, 1.54) is 0 Å². The third-order valence-electron chi connectivity index (χ3n) is 4.08. The van der Waals surface area contributed by atoms with Gasteiger partial charge < -0.3 is 16.0 Å². The van der Waals surface area contributed by atoms with Gasteiger partial charge in [0, 0.05) is 11.4 Å². The van der Waals surface area contributed by atoms with E-state index in [1.807, 2.05) is 12.1 Å². The van der Waals surface area contributed by atoms with Gasteiger partial charge in [0.2, 0.25) is 5.91 Å². The Hall–Kier alpha value is -2.80. The van der Waals surface area contributed by atoms with Crippen LogP contribution in [0, 0.1) is 0 Å². The molecule has 0 aliphatic heterocycles. The lowest BCUT2D eigenvalue weighted by molar-refractivity contribution is -0.138. The first-order chi connectivity index (χ1) is 12.9. The molecule has 27 heavy (non-hydrogen) atoms. The minimum absolute atomic E-state index is 0.0660. The number of anilines is 2. The summed E-state index contributed by atoms with van der Waals surface area (Å²) in [5.41, 5.74) is -0.721. The molecule has 0 saturated heterocycles. The fourth-order valence-electron chi connectivity index (χ4n) is 2.46. The molecule has 0 aliphatic rings. The maximum atomic E-state index is 13.0. The normalized spacial score (nSPS) is 12.0. The van der Waals surface area contributed by atoms with Crippen LogP contribution in [0.1, 0.15) is 20.3 Å². The Morgan fingerprint density at radius 3 is 1.63 bits per heavy atom.